The van der Waals surface area contributed by atoms with Crippen molar-refractivity contribution in [2.24, 2.45) is 5.73 Å². The van der Waals surface area contributed by atoms with Gasteiger partial charge in [0.05, 0.1) is 5.02 Å². The van der Waals surface area contributed by atoms with Gasteiger partial charge in [0.2, 0.25) is 5.89 Å². The lowest BCUT2D eigenvalue weighted by Crippen LogP contribution is -1.96. The zero-order valence-electron chi connectivity index (χ0n) is 9.73. The highest BCUT2D eigenvalue weighted by atomic mass is 35.5. The van der Waals surface area contributed by atoms with E-state index in [0.717, 1.165) is 5.56 Å². The Balaban J connectivity index is 2.09. The Bertz CT molecular complexity index is 700. The number of benzene rings is 1. The molecular weight excluding hydrogens is 269 g/mol. The van der Waals surface area contributed by atoms with Gasteiger partial charge >= 0.3 is 0 Å². The maximum absolute atomic E-state index is 13.3. The van der Waals surface area contributed by atoms with Crippen LogP contribution in [0.2, 0.25) is 5.02 Å². The lowest BCUT2D eigenvalue weighted by molar-refractivity contribution is 0.600. The van der Waals surface area contributed by atoms with Gasteiger partial charge in [0.15, 0.2) is 5.58 Å². The van der Waals surface area contributed by atoms with Crippen molar-refractivity contribution in [1.82, 2.24) is 9.97 Å². The van der Waals surface area contributed by atoms with Crippen LogP contribution in [0.15, 0.2) is 34.9 Å². The Morgan fingerprint density at radius 1 is 1.32 bits per heavy atom. The molecular formula is C13H9ClFN3O. The largest absolute Gasteiger partial charge is 0.435 e. The molecule has 2 N–H and O–H groups in total. The quantitative estimate of drug-likeness (QED) is 0.781. The predicted molar refractivity (Wildman–Crippen MR) is 70.1 cm³/mol. The Kier molecular flexibility index (Phi) is 2.93. The van der Waals surface area contributed by atoms with Crippen molar-refractivity contribution in [3.8, 4) is 11.6 Å². The molecule has 0 spiro atoms. The molecule has 0 radical (unpaired) electrons. The summed E-state index contributed by atoms with van der Waals surface area (Å²) in [7, 11) is 0. The number of hydrogen-bond acceptors (Lipinski definition) is 4. The molecule has 0 aliphatic heterocycles. The molecule has 0 saturated heterocycles. The Labute approximate surface area is 113 Å². The predicted octanol–water partition coefficient (Wildman–Crippen LogP) is 3.14. The molecule has 1 aromatic carbocycles. The van der Waals surface area contributed by atoms with E-state index in [-0.39, 0.29) is 5.02 Å². The molecule has 0 bridgehead atoms. The van der Waals surface area contributed by atoms with Crippen molar-refractivity contribution in [1.29, 1.82) is 0 Å². The maximum Gasteiger partial charge on any atom is 0.246 e. The molecule has 0 fully saturated rings. The molecule has 2 heterocycles. The van der Waals surface area contributed by atoms with Gasteiger partial charge in [0.1, 0.15) is 17.0 Å². The number of oxazole rings is 1. The van der Waals surface area contributed by atoms with Crippen LogP contribution in [0.5, 0.6) is 0 Å². The second-order valence-corrected chi connectivity index (χ2v) is 4.42. The number of rotatable bonds is 2. The van der Waals surface area contributed by atoms with Crippen molar-refractivity contribution < 1.29 is 8.81 Å². The number of fused-ring (bicyclic) bond motifs is 1. The van der Waals surface area contributed by atoms with Crippen LogP contribution in [-0.4, -0.2) is 9.97 Å². The molecule has 3 rings (SSSR count). The molecule has 6 heteroatoms. The summed E-state index contributed by atoms with van der Waals surface area (Å²) in [6.45, 7) is 0.418. The number of hydrogen-bond donors (Lipinski definition) is 1. The van der Waals surface area contributed by atoms with Crippen LogP contribution in [0, 0.1) is 5.82 Å². The minimum Gasteiger partial charge on any atom is -0.435 e. The second-order valence-electron chi connectivity index (χ2n) is 4.01. The van der Waals surface area contributed by atoms with Gasteiger partial charge < -0.3 is 10.2 Å². The SMILES string of the molecule is NCc1ccc(-c2nc3cc(Cl)c(F)cc3o2)nc1. The van der Waals surface area contributed by atoms with E-state index in [9.17, 15) is 4.39 Å². The monoisotopic (exact) mass is 277 g/mol. The van der Waals surface area contributed by atoms with Gasteiger partial charge in [-0.1, -0.05) is 17.7 Å². The zero-order chi connectivity index (χ0) is 13.4. The molecule has 0 aliphatic rings. The normalized spacial score (nSPS) is 11.1. The first kappa shape index (κ1) is 12.1. The fraction of sp³-hybridized carbons (Fsp3) is 0.0769. The first-order chi connectivity index (χ1) is 9.17. The molecule has 0 unspecified atom stereocenters. The number of pyridine rings is 1. The van der Waals surface area contributed by atoms with Crippen LogP contribution in [0.4, 0.5) is 4.39 Å². The molecule has 0 amide bonds. The summed E-state index contributed by atoms with van der Waals surface area (Å²) < 4.78 is 18.8. The molecule has 0 saturated carbocycles. The van der Waals surface area contributed by atoms with Crippen LogP contribution in [0.3, 0.4) is 0 Å². The number of nitrogens with two attached hydrogens (primary N) is 1. The summed E-state index contributed by atoms with van der Waals surface area (Å²) in [6, 6.07) is 6.23. The highest BCUT2D eigenvalue weighted by molar-refractivity contribution is 6.31. The number of nitrogens with zero attached hydrogens (tertiary/aromatic N) is 2. The summed E-state index contributed by atoms with van der Waals surface area (Å²) in [5.74, 6) is -0.219. The first-order valence-corrected chi connectivity index (χ1v) is 5.96. The Hall–Kier alpha value is -1.98. The molecule has 4 nitrogen and oxygen atoms in total. The lowest BCUT2D eigenvalue weighted by Gasteiger charge is -1.96. The van der Waals surface area contributed by atoms with E-state index >= 15 is 0 Å². The molecule has 2 aromatic heterocycles. The second kappa shape index (κ2) is 4.60. The minimum atomic E-state index is -0.539. The highest BCUT2D eigenvalue weighted by Crippen LogP contribution is 2.27. The topological polar surface area (TPSA) is 64.9 Å². The van der Waals surface area contributed by atoms with E-state index in [1.165, 1.54) is 12.1 Å². The third kappa shape index (κ3) is 2.18. The fourth-order valence-corrected chi connectivity index (χ4v) is 1.86. The Morgan fingerprint density at radius 3 is 2.84 bits per heavy atom. The standard InChI is InChI=1S/C13H9ClFN3O/c14-8-3-11-12(4-9(8)15)19-13(18-11)10-2-1-7(5-16)6-17-10/h1-4,6H,5,16H2. The summed E-state index contributed by atoms with van der Waals surface area (Å²) in [5, 5.41) is 0.0128. The van der Waals surface area contributed by atoms with Crippen molar-refractivity contribution in [3.63, 3.8) is 0 Å². The summed E-state index contributed by atoms with van der Waals surface area (Å²) >= 11 is 5.70. The van der Waals surface area contributed by atoms with Gasteiger partial charge in [-0.25, -0.2) is 9.37 Å². The van der Waals surface area contributed by atoms with Gasteiger partial charge in [0.25, 0.3) is 0 Å². The van der Waals surface area contributed by atoms with E-state index in [2.05, 4.69) is 9.97 Å². The van der Waals surface area contributed by atoms with Gasteiger partial charge in [-0.05, 0) is 17.7 Å². The van der Waals surface area contributed by atoms with E-state index in [4.69, 9.17) is 21.8 Å². The first-order valence-electron chi connectivity index (χ1n) is 5.58. The third-order valence-corrected chi connectivity index (χ3v) is 3.00. The molecule has 3 aromatic rings. The van der Waals surface area contributed by atoms with E-state index in [0.29, 0.717) is 29.2 Å². The van der Waals surface area contributed by atoms with Crippen molar-refractivity contribution in [3.05, 3.63) is 46.9 Å². The van der Waals surface area contributed by atoms with Crippen LogP contribution < -0.4 is 5.73 Å². The number of aromatic nitrogens is 2. The molecule has 0 aliphatic carbocycles. The van der Waals surface area contributed by atoms with Crippen LogP contribution in [-0.2, 0) is 6.54 Å². The number of halogens is 2. The average molecular weight is 278 g/mol. The fourth-order valence-electron chi connectivity index (χ4n) is 1.70. The van der Waals surface area contributed by atoms with Crippen molar-refractivity contribution >= 4 is 22.7 Å². The summed E-state index contributed by atoms with van der Waals surface area (Å²) in [4.78, 5) is 8.43. The van der Waals surface area contributed by atoms with Gasteiger partial charge in [-0.3, -0.25) is 4.98 Å². The summed E-state index contributed by atoms with van der Waals surface area (Å²) in [5.41, 5.74) is 7.80. The Morgan fingerprint density at radius 2 is 2.16 bits per heavy atom. The van der Waals surface area contributed by atoms with E-state index < -0.39 is 5.82 Å². The van der Waals surface area contributed by atoms with Crippen molar-refractivity contribution in [2.45, 2.75) is 6.54 Å². The van der Waals surface area contributed by atoms with E-state index in [1.807, 2.05) is 6.07 Å². The lowest BCUT2D eigenvalue weighted by atomic mass is 10.2. The average Bonchev–Trinajstić information content (AvgIpc) is 2.82. The maximum atomic E-state index is 13.3. The van der Waals surface area contributed by atoms with Gasteiger partial charge in [-0.15, -0.1) is 0 Å². The van der Waals surface area contributed by atoms with Gasteiger partial charge in [-0.2, -0.15) is 0 Å². The van der Waals surface area contributed by atoms with E-state index in [1.54, 1.807) is 12.3 Å². The minimum absolute atomic E-state index is 0.0128. The molecule has 96 valence electrons. The third-order valence-electron chi connectivity index (χ3n) is 2.71. The van der Waals surface area contributed by atoms with Crippen LogP contribution in [0.1, 0.15) is 5.56 Å². The van der Waals surface area contributed by atoms with Crippen LogP contribution >= 0.6 is 11.6 Å². The van der Waals surface area contributed by atoms with Crippen molar-refractivity contribution in [2.75, 3.05) is 0 Å². The molecule has 0 atom stereocenters. The highest BCUT2D eigenvalue weighted by Gasteiger charge is 2.12. The zero-order valence-corrected chi connectivity index (χ0v) is 10.5. The van der Waals surface area contributed by atoms with Crippen LogP contribution in [0.25, 0.3) is 22.7 Å². The van der Waals surface area contributed by atoms with Gasteiger partial charge in [0, 0.05) is 18.8 Å². The smallest absolute Gasteiger partial charge is 0.246 e. The summed E-state index contributed by atoms with van der Waals surface area (Å²) in [6.07, 6.45) is 1.65. The molecule has 19 heavy (non-hydrogen) atoms.